The molecule has 0 saturated heterocycles. The number of nitrogens with zero attached hydrogens (tertiary/aromatic N) is 5. The molecule has 0 fully saturated rings. The van der Waals surface area contributed by atoms with E-state index in [-0.39, 0.29) is 26.5 Å². The maximum Gasteiger partial charge on any atom is 0.0696 e. The monoisotopic (exact) mass is 789 g/mol. The van der Waals surface area contributed by atoms with Gasteiger partial charge in [0, 0.05) is 54.9 Å². The van der Waals surface area contributed by atoms with Crippen molar-refractivity contribution >= 4 is 55.9 Å². The van der Waals surface area contributed by atoms with Crippen LogP contribution in [0.1, 0.15) is 26.3 Å². The van der Waals surface area contributed by atoms with Crippen LogP contribution in [0.2, 0.25) is 0 Å². The molecule has 6 heteroatoms. The van der Waals surface area contributed by atoms with Gasteiger partial charge in [-0.25, -0.2) is 0 Å². The molecule has 2 aliphatic heterocycles. The summed E-state index contributed by atoms with van der Waals surface area (Å²) in [6.45, 7) is 8.84. The summed E-state index contributed by atoms with van der Waals surface area (Å²) in [7, 11) is 2.09. The molecular weight excluding hydrogens is 758 g/mol. The zero-order valence-electron chi connectivity index (χ0n) is 26.6. The molecule has 0 spiro atoms. The molecule has 2 aliphatic rings. The van der Waals surface area contributed by atoms with Crippen molar-refractivity contribution in [2.45, 2.75) is 26.2 Å². The summed E-state index contributed by atoms with van der Waals surface area (Å²) in [6, 6.07) is 46.5. The predicted molar refractivity (Wildman–Crippen MR) is 190 cm³/mol. The maximum absolute atomic E-state index is 4.81. The Bertz CT molecular complexity index is 2330. The molecule has 4 heterocycles. The quantitative estimate of drug-likeness (QED) is 0.167. The van der Waals surface area contributed by atoms with Crippen LogP contribution in [0.4, 0.5) is 34.1 Å². The van der Waals surface area contributed by atoms with E-state index < -0.39 is 0 Å². The van der Waals surface area contributed by atoms with Gasteiger partial charge in [0.15, 0.2) is 0 Å². The molecule has 0 atom stereocenters. The van der Waals surface area contributed by atoms with E-state index in [0.29, 0.717) is 0 Å². The van der Waals surface area contributed by atoms with E-state index in [4.69, 9.17) is 4.98 Å². The third kappa shape index (κ3) is 4.52. The van der Waals surface area contributed by atoms with Crippen molar-refractivity contribution in [3.8, 4) is 16.9 Å². The number of hydrogen-bond donors (Lipinski definition) is 0. The second kappa shape index (κ2) is 10.9. The number of benzene rings is 5. The van der Waals surface area contributed by atoms with Gasteiger partial charge in [-0.1, -0.05) is 75.0 Å². The third-order valence-electron chi connectivity index (χ3n) is 9.26. The van der Waals surface area contributed by atoms with Gasteiger partial charge in [0.2, 0.25) is 0 Å². The summed E-state index contributed by atoms with van der Waals surface area (Å²) < 4.78 is 2.40. The van der Waals surface area contributed by atoms with Gasteiger partial charge in [0.1, 0.15) is 0 Å². The summed E-state index contributed by atoms with van der Waals surface area (Å²) >= 11 is 0. The Morgan fingerprint density at radius 3 is 2.26 bits per heavy atom. The van der Waals surface area contributed by atoms with Gasteiger partial charge in [0.05, 0.1) is 11.2 Å². The van der Waals surface area contributed by atoms with Crippen LogP contribution < -0.4 is 14.7 Å². The van der Waals surface area contributed by atoms with Crippen molar-refractivity contribution in [2.75, 3.05) is 21.7 Å². The van der Waals surface area contributed by atoms with E-state index in [1.54, 1.807) is 0 Å². The molecule has 7 aromatic rings. The molecule has 0 amide bonds. The molecule has 0 unspecified atom stereocenters. The minimum absolute atomic E-state index is 0. The van der Waals surface area contributed by atoms with Crippen molar-refractivity contribution in [3.63, 3.8) is 0 Å². The zero-order chi connectivity index (χ0) is 31.2. The molecule has 0 bridgehead atoms. The van der Waals surface area contributed by atoms with Gasteiger partial charge in [0.25, 0.3) is 0 Å². The van der Waals surface area contributed by atoms with E-state index in [1.807, 2.05) is 6.20 Å². The normalized spacial score (nSPS) is 13.6. The van der Waals surface area contributed by atoms with Gasteiger partial charge in [-0.15, -0.1) is 47.6 Å². The Morgan fingerprint density at radius 1 is 0.681 bits per heavy atom. The minimum atomic E-state index is 0. The summed E-state index contributed by atoms with van der Waals surface area (Å²) in [6.07, 6.45) is 1.91. The summed E-state index contributed by atoms with van der Waals surface area (Å²) in [4.78, 5) is 11.5. The first-order chi connectivity index (χ1) is 22.4. The Labute approximate surface area is 290 Å². The number of anilines is 6. The maximum atomic E-state index is 4.81. The molecule has 0 saturated carbocycles. The zero-order valence-corrected chi connectivity index (χ0v) is 28.9. The molecule has 234 valence electrons. The molecule has 2 aromatic heterocycles. The Balaban J connectivity index is 0.00000324. The van der Waals surface area contributed by atoms with Gasteiger partial charge in [-0.05, 0) is 65.4 Å². The molecule has 0 aliphatic carbocycles. The first kappa shape index (κ1) is 29.5. The third-order valence-corrected chi connectivity index (χ3v) is 9.26. The van der Waals surface area contributed by atoms with Crippen molar-refractivity contribution < 1.29 is 21.1 Å². The van der Waals surface area contributed by atoms with Crippen LogP contribution in [-0.4, -0.2) is 16.6 Å². The smallest absolute Gasteiger partial charge is 0.0696 e. The standard InChI is InChI=1S/C41H32N5.Pt/c1-41(2,3)28-21-22-42-33(24-28)27-19-20-37-39(23-27)45(38-18-10-14-32-31-13-5-6-15-34(31)46(37)40(32)38)30-12-9-11-29(25-30)44-26-43(4)35-16-7-8-17-36(35)44;/h5-22,24,26H,1-4H3;/q-3;. The fraction of sp³-hybridized carbons (Fsp3) is 0.122. The summed E-state index contributed by atoms with van der Waals surface area (Å²) in [5, 5.41) is 2.46. The average Bonchev–Trinajstić information content (AvgIpc) is 3.60. The Morgan fingerprint density at radius 2 is 1.40 bits per heavy atom. The average molecular weight is 790 g/mol. The molecule has 9 rings (SSSR count). The second-order valence-electron chi connectivity index (χ2n) is 13.2. The van der Waals surface area contributed by atoms with E-state index in [0.717, 1.165) is 45.4 Å². The predicted octanol–water partition coefficient (Wildman–Crippen LogP) is 10.2. The van der Waals surface area contributed by atoms with Crippen molar-refractivity contribution in [2.24, 2.45) is 0 Å². The largest absolute Gasteiger partial charge is 0.504 e. The van der Waals surface area contributed by atoms with Crippen molar-refractivity contribution in [1.29, 1.82) is 0 Å². The van der Waals surface area contributed by atoms with Gasteiger partial charge < -0.3 is 24.3 Å². The minimum Gasteiger partial charge on any atom is -0.504 e. The SMILES string of the molecule is CN1[CH-]N(c2[c-]c(N3c4[c-]c(-c5cc(C(C)(C)C)ccn5)ccc4-n4c5ccccc5c5cccc3c54)ccc2)c2ccccc21.[Pt]. The van der Waals surface area contributed by atoms with Crippen molar-refractivity contribution in [3.05, 3.63) is 140 Å². The van der Waals surface area contributed by atoms with Crippen LogP contribution in [0.5, 0.6) is 0 Å². The van der Waals surface area contributed by atoms with Gasteiger partial charge >= 0.3 is 0 Å². The van der Waals surface area contributed by atoms with Crippen molar-refractivity contribution in [1.82, 2.24) is 9.55 Å². The molecule has 47 heavy (non-hydrogen) atoms. The second-order valence-corrected chi connectivity index (χ2v) is 13.2. The van der Waals surface area contributed by atoms with Crippen LogP contribution in [-0.2, 0) is 26.5 Å². The molecule has 5 aromatic carbocycles. The van der Waals surface area contributed by atoms with E-state index in [2.05, 4.69) is 175 Å². The van der Waals surface area contributed by atoms with Crippen LogP contribution in [0.25, 0.3) is 38.8 Å². The first-order valence-corrected chi connectivity index (χ1v) is 15.7. The van der Waals surface area contributed by atoms with Gasteiger partial charge in [-0.3, -0.25) is 0 Å². The number of pyridine rings is 1. The van der Waals surface area contributed by atoms with E-state index >= 15 is 0 Å². The number of hydrogen-bond acceptors (Lipinski definition) is 4. The van der Waals surface area contributed by atoms with Crippen LogP contribution in [0.15, 0.2) is 115 Å². The van der Waals surface area contributed by atoms with E-state index in [1.165, 1.54) is 33.1 Å². The summed E-state index contributed by atoms with van der Waals surface area (Å²) in [5.74, 6) is 0. The fourth-order valence-corrected chi connectivity index (χ4v) is 6.99. The van der Waals surface area contributed by atoms with Crippen LogP contribution in [0.3, 0.4) is 0 Å². The number of aromatic nitrogens is 2. The number of fused-ring (bicyclic) bond motifs is 6. The first-order valence-electron chi connectivity index (χ1n) is 15.7. The molecule has 0 N–H and O–H groups in total. The summed E-state index contributed by atoms with van der Waals surface area (Å²) in [5.41, 5.74) is 12.9. The van der Waals surface area contributed by atoms with Gasteiger partial charge in [-0.2, -0.15) is 12.7 Å². The molecular formula is C41H32N5Pt-3. The van der Waals surface area contributed by atoms with Crippen LogP contribution in [0, 0.1) is 18.8 Å². The number of rotatable bonds is 3. The van der Waals surface area contributed by atoms with E-state index in [9.17, 15) is 0 Å². The molecule has 5 nitrogen and oxygen atoms in total. The molecule has 0 radical (unpaired) electrons. The topological polar surface area (TPSA) is 27.5 Å². The van der Waals surface area contributed by atoms with Crippen LogP contribution >= 0.6 is 0 Å². The Kier molecular flexibility index (Phi) is 6.82. The number of para-hydroxylation sites is 4. The fourth-order valence-electron chi connectivity index (χ4n) is 6.99. The Hall–Kier alpha value is -4.86.